The summed E-state index contributed by atoms with van der Waals surface area (Å²) < 4.78 is 14.9. The van der Waals surface area contributed by atoms with Crippen LogP contribution in [0.5, 0.6) is 0 Å². The molecule has 3 rings (SSSR count). The van der Waals surface area contributed by atoms with Crippen molar-refractivity contribution in [2.75, 3.05) is 5.75 Å². The van der Waals surface area contributed by atoms with Gasteiger partial charge < -0.3 is 5.32 Å². The number of carbonyl (C=O) groups is 1. The lowest BCUT2D eigenvalue weighted by Crippen LogP contribution is -2.28. The van der Waals surface area contributed by atoms with Gasteiger partial charge in [0.1, 0.15) is 5.82 Å². The summed E-state index contributed by atoms with van der Waals surface area (Å²) in [5, 5.41) is 7.95. The minimum Gasteiger partial charge on any atom is -0.349 e. The van der Waals surface area contributed by atoms with Gasteiger partial charge in [0.15, 0.2) is 5.16 Å². The van der Waals surface area contributed by atoms with Crippen LogP contribution in [0.15, 0.2) is 41.7 Å². The number of carbonyl (C=O) groups excluding carboxylic acids is 1. The Kier molecular flexibility index (Phi) is 6.08. The van der Waals surface area contributed by atoms with Crippen LogP contribution in [-0.2, 0) is 4.79 Å². The molecule has 146 valence electrons. The Bertz CT molecular complexity index is 967. The van der Waals surface area contributed by atoms with Crippen molar-refractivity contribution in [1.29, 1.82) is 0 Å². The average Bonchev–Trinajstić information content (AvgIpc) is 3.01. The minimum atomic E-state index is -0.292. The van der Waals surface area contributed by atoms with Crippen molar-refractivity contribution in [2.24, 2.45) is 0 Å². The average molecular weight is 399 g/mol. The van der Waals surface area contributed by atoms with E-state index in [-0.39, 0.29) is 23.5 Å². The fraction of sp³-hybridized carbons (Fsp3) is 0.300. The van der Waals surface area contributed by atoms with Crippen molar-refractivity contribution in [3.8, 4) is 5.69 Å². The predicted octanol–water partition coefficient (Wildman–Crippen LogP) is 3.70. The van der Waals surface area contributed by atoms with Crippen molar-refractivity contribution in [2.45, 2.75) is 38.9 Å². The Hall–Kier alpha value is -2.74. The summed E-state index contributed by atoms with van der Waals surface area (Å²) in [7, 11) is 0. The Morgan fingerprint density at radius 1 is 1.18 bits per heavy atom. The Morgan fingerprint density at radius 3 is 2.46 bits per heavy atom. The third kappa shape index (κ3) is 4.75. The molecule has 1 atom stereocenters. The van der Waals surface area contributed by atoms with E-state index >= 15 is 0 Å². The second-order valence-corrected chi connectivity index (χ2v) is 7.53. The lowest BCUT2D eigenvalue weighted by molar-refractivity contribution is -0.119. The molecule has 3 aromatic rings. The van der Waals surface area contributed by atoms with Gasteiger partial charge in [-0.05, 0) is 58.0 Å². The molecule has 0 saturated carbocycles. The number of hydrogen-bond donors (Lipinski definition) is 1. The summed E-state index contributed by atoms with van der Waals surface area (Å²) in [5.74, 6) is -0.160. The number of halogens is 1. The van der Waals surface area contributed by atoms with Crippen LogP contribution in [0.3, 0.4) is 0 Å². The van der Waals surface area contributed by atoms with Gasteiger partial charge in [0.2, 0.25) is 5.91 Å². The van der Waals surface area contributed by atoms with Gasteiger partial charge >= 0.3 is 0 Å². The third-order valence-corrected chi connectivity index (χ3v) is 5.10. The van der Waals surface area contributed by atoms with Crippen molar-refractivity contribution in [3.05, 3.63) is 65.0 Å². The highest BCUT2D eigenvalue weighted by molar-refractivity contribution is 7.99. The highest BCUT2D eigenvalue weighted by atomic mass is 32.2. The summed E-state index contributed by atoms with van der Waals surface area (Å²) in [6.45, 7) is 7.65. The van der Waals surface area contributed by atoms with Gasteiger partial charge in [0.25, 0.3) is 0 Å². The molecule has 8 heteroatoms. The lowest BCUT2D eigenvalue weighted by Gasteiger charge is -2.14. The molecule has 0 aliphatic heterocycles. The molecule has 28 heavy (non-hydrogen) atoms. The first-order chi connectivity index (χ1) is 13.3. The molecule has 0 saturated heterocycles. The Balaban J connectivity index is 1.63. The van der Waals surface area contributed by atoms with E-state index in [9.17, 15) is 9.18 Å². The van der Waals surface area contributed by atoms with Crippen LogP contribution < -0.4 is 5.32 Å². The zero-order chi connectivity index (χ0) is 20.3. The maximum atomic E-state index is 13.1. The number of benzene rings is 1. The van der Waals surface area contributed by atoms with Crippen molar-refractivity contribution < 1.29 is 9.18 Å². The number of nitrogens with zero attached hydrogens (tertiary/aromatic N) is 4. The maximum Gasteiger partial charge on any atom is 0.230 e. The van der Waals surface area contributed by atoms with Crippen LogP contribution >= 0.6 is 11.8 Å². The molecule has 1 amide bonds. The number of hydrogen-bond acceptors (Lipinski definition) is 5. The lowest BCUT2D eigenvalue weighted by atomic mass is 10.1. The van der Waals surface area contributed by atoms with Crippen LogP contribution in [0, 0.1) is 26.6 Å². The molecule has 1 aromatic carbocycles. The van der Waals surface area contributed by atoms with Gasteiger partial charge in [-0.1, -0.05) is 11.8 Å². The SMILES string of the molecule is Cc1cc(C)nc(SCC(=O)NC(C)c2cnn(-c3ccc(F)cc3)c2C)n1. The summed E-state index contributed by atoms with van der Waals surface area (Å²) >= 11 is 1.31. The van der Waals surface area contributed by atoms with Crippen LogP contribution in [0.4, 0.5) is 4.39 Å². The second kappa shape index (κ2) is 8.52. The number of rotatable bonds is 6. The molecule has 1 unspecified atom stereocenters. The van der Waals surface area contributed by atoms with Gasteiger partial charge in [0, 0.05) is 22.6 Å². The third-order valence-electron chi connectivity index (χ3n) is 4.26. The number of nitrogens with one attached hydrogen (secondary N) is 1. The van der Waals surface area contributed by atoms with Crippen LogP contribution in [0.2, 0.25) is 0 Å². The number of aryl methyl sites for hydroxylation is 2. The molecule has 2 heterocycles. The van der Waals surface area contributed by atoms with Crippen LogP contribution in [0.1, 0.15) is 35.6 Å². The molecule has 0 radical (unpaired) electrons. The van der Waals surface area contributed by atoms with Gasteiger partial charge in [-0.25, -0.2) is 19.0 Å². The highest BCUT2D eigenvalue weighted by Gasteiger charge is 2.17. The van der Waals surface area contributed by atoms with Gasteiger partial charge in [-0.2, -0.15) is 5.10 Å². The zero-order valence-electron chi connectivity index (χ0n) is 16.2. The first kappa shape index (κ1) is 20.0. The Labute approximate surface area is 167 Å². The normalized spacial score (nSPS) is 12.0. The topological polar surface area (TPSA) is 72.7 Å². The van der Waals surface area contributed by atoms with Gasteiger partial charge in [-0.15, -0.1) is 0 Å². The van der Waals surface area contributed by atoms with Crippen molar-refractivity contribution >= 4 is 17.7 Å². The van der Waals surface area contributed by atoms with Gasteiger partial charge in [-0.3, -0.25) is 4.79 Å². The smallest absolute Gasteiger partial charge is 0.230 e. The van der Waals surface area contributed by atoms with E-state index in [2.05, 4.69) is 20.4 Å². The number of aromatic nitrogens is 4. The first-order valence-electron chi connectivity index (χ1n) is 8.88. The van der Waals surface area contributed by atoms with Gasteiger partial charge in [0.05, 0.1) is 23.7 Å². The second-order valence-electron chi connectivity index (χ2n) is 6.58. The van der Waals surface area contributed by atoms with E-state index in [1.54, 1.807) is 23.0 Å². The molecular weight excluding hydrogens is 377 g/mol. The monoisotopic (exact) mass is 399 g/mol. The van der Waals surface area contributed by atoms with E-state index in [4.69, 9.17) is 0 Å². The fourth-order valence-electron chi connectivity index (χ4n) is 2.94. The van der Waals surface area contributed by atoms with Crippen LogP contribution in [0.25, 0.3) is 5.69 Å². The highest BCUT2D eigenvalue weighted by Crippen LogP contribution is 2.21. The van der Waals surface area contributed by atoms with Crippen molar-refractivity contribution in [1.82, 2.24) is 25.1 Å². The largest absolute Gasteiger partial charge is 0.349 e. The van der Waals surface area contributed by atoms with E-state index in [1.165, 1.54) is 23.9 Å². The predicted molar refractivity (Wildman–Crippen MR) is 107 cm³/mol. The fourth-order valence-corrected chi connectivity index (χ4v) is 3.70. The molecule has 0 spiro atoms. The molecule has 1 N–H and O–H groups in total. The molecule has 6 nitrogen and oxygen atoms in total. The standard InChI is InChI=1S/C20H22FN5OS/c1-12-9-13(2)24-20(23-12)28-11-19(27)25-14(3)18-10-22-26(15(18)4)17-7-5-16(21)6-8-17/h5-10,14H,11H2,1-4H3,(H,25,27). The van der Waals surface area contributed by atoms with Crippen molar-refractivity contribution in [3.63, 3.8) is 0 Å². The number of amides is 1. The summed E-state index contributed by atoms with van der Waals surface area (Å²) in [4.78, 5) is 21.0. The van der Waals surface area contributed by atoms with E-state index in [0.29, 0.717) is 5.16 Å². The van der Waals surface area contributed by atoms with E-state index in [1.807, 2.05) is 33.8 Å². The summed E-state index contributed by atoms with van der Waals surface area (Å²) in [6.07, 6.45) is 1.73. The zero-order valence-corrected chi connectivity index (χ0v) is 17.0. The van der Waals surface area contributed by atoms with E-state index < -0.39 is 0 Å². The minimum absolute atomic E-state index is 0.103. The molecule has 2 aromatic heterocycles. The van der Waals surface area contributed by atoms with E-state index in [0.717, 1.165) is 28.3 Å². The number of thioether (sulfide) groups is 1. The molecular formula is C20H22FN5OS. The Morgan fingerprint density at radius 2 is 1.82 bits per heavy atom. The molecule has 0 bridgehead atoms. The molecule has 0 aliphatic carbocycles. The molecule has 0 aliphatic rings. The van der Waals surface area contributed by atoms with Crippen LogP contribution in [-0.4, -0.2) is 31.4 Å². The maximum absolute atomic E-state index is 13.1. The quantitative estimate of drug-likeness (QED) is 0.505. The first-order valence-corrected chi connectivity index (χ1v) is 9.87. The summed E-state index contributed by atoms with van der Waals surface area (Å²) in [6, 6.07) is 7.82. The summed E-state index contributed by atoms with van der Waals surface area (Å²) in [5.41, 5.74) is 4.33. The molecule has 0 fully saturated rings.